The number of carbonyl (C=O) groups is 2. The van der Waals surface area contributed by atoms with E-state index in [1.54, 1.807) is 24.3 Å². The molecule has 9 heteroatoms. The first kappa shape index (κ1) is 18.2. The van der Waals surface area contributed by atoms with Crippen molar-refractivity contribution in [1.29, 1.82) is 0 Å². The number of hydrogen-bond donors (Lipinski definition) is 2. The number of ether oxygens (including phenoxy) is 1. The van der Waals surface area contributed by atoms with Crippen molar-refractivity contribution >= 4 is 34.8 Å². The normalized spacial score (nSPS) is 10.0. The van der Waals surface area contributed by atoms with Crippen LogP contribution in [0.4, 0.5) is 11.4 Å². The number of amides is 2. The molecule has 0 saturated carbocycles. The average molecular weight is 364 g/mol. The minimum absolute atomic E-state index is 0.0419. The van der Waals surface area contributed by atoms with Crippen LogP contribution in [0.1, 0.15) is 10.4 Å². The van der Waals surface area contributed by atoms with Crippen molar-refractivity contribution in [1.82, 2.24) is 5.32 Å². The molecule has 0 aliphatic carbocycles. The molecular weight excluding hydrogens is 350 g/mol. The number of halogens is 1. The van der Waals surface area contributed by atoms with Crippen molar-refractivity contribution in [2.75, 3.05) is 19.0 Å². The third kappa shape index (κ3) is 4.92. The first-order valence-electron chi connectivity index (χ1n) is 7.06. The van der Waals surface area contributed by atoms with Gasteiger partial charge in [0.1, 0.15) is 0 Å². The van der Waals surface area contributed by atoms with Gasteiger partial charge in [-0.1, -0.05) is 17.7 Å². The summed E-state index contributed by atoms with van der Waals surface area (Å²) in [6, 6.07) is 10.3. The van der Waals surface area contributed by atoms with Crippen molar-refractivity contribution in [3.8, 4) is 5.75 Å². The van der Waals surface area contributed by atoms with E-state index in [0.29, 0.717) is 10.7 Å². The summed E-state index contributed by atoms with van der Waals surface area (Å²) in [5.74, 6) is -1.04. The van der Waals surface area contributed by atoms with Gasteiger partial charge in [0.15, 0.2) is 5.75 Å². The van der Waals surface area contributed by atoms with Crippen LogP contribution in [0.3, 0.4) is 0 Å². The predicted molar refractivity (Wildman–Crippen MR) is 92.1 cm³/mol. The quantitative estimate of drug-likeness (QED) is 0.605. The van der Waals surface area contributed by atoms with Crippen LogP contribution in [0.15, 0.2) is 42.5 Å². The SMILES string of the molecule is COc1ccc(C(=O)NCC(=O)Nc2cccc(Cl)c2)cc1[N+](=O)[O-]. The molecule has 0 aliphatic rings. The lowest BCUT2D eigenvalue weighted by molar-refractivity contribution is -0.385. The third-order valence-corrected chi connectivity index (χ3v) is 3.39. The largest absolute Gasteiger partial charge is 0.490 e. The van der Waals surface area contributed by atoms with E-state index in [9.17, 15) is 19.7 Å². The number of nitrogens with one attached hydrogen (secondary N) is 2. The van der Waals surface area contributed by atoms with Gasteiger partial charge in [-0.25, -0.2) is 0 Å². The molecular formula is C16H14ClN3O5. The average Bonchev–Trinajstić information content (AvgIpc) is 2.59. The van der Waals surface area contributed by atoms with Gasteiger partial charge in [-0.05, 0) is 30.3 Å². The summed E-state index contributed by atoms with van der Waals surface area (Å²) in [6.45, 7) is -0.300. The third-order valence-electron chi connectivity index (χ3n) is 3.16. The lowest BCUT2D eigenvalue weighted by Gasteiger charge is -2.08. The Balaban J connectivity index is 1.99. The van der Waals surface area contributed by atoms with Crippen molar-refractivity contribution in [2.45, 2.75) is 0 Å². The summed E-state index contributed by atoms with van der Waals surface area (Å²) in [4.78, 5) is 34.2. The van der Waals surface area contributed by atoms with E-state index in [4.69, 9.17) is 16.3 Å². The Morgan fingerprint density at radius 3 is 2.64 bits per heavy atom. The Labute approximate surface area is 147 Å². The molecule has 2 N–H and O–H groups in total. The zero-order valence-corrected chi connectivity index (χ0v) is 13.9. The van der Waals surface area contributed by atoms with E-state index in [2.05, 4.69) is 10.6 Å². The zero-order valence-electron chi connectivity index (χ0n) is 13.1. The van der Waals surface area contributed by atoms with E-state index in [1.165, 1.54) is 19.2 Å². The fraction of sp³-hybridized carbons (Fsp3) is 0.125. The molecule has 2 aromatic carbocycles. The molecule has 0 atom stereocenters. The summed E-state index contributed by atoms with van der Waals surface area (Å²) < 4.78 is 4.87. The van der Waals surface area contributed by atoms with Gasteiger partial charge in [0, 0.05) is 22.3 Å². The van der Waals surface area contributed by atoms with E-state index in [1.807, 2.05) is 0 Å². The van der Waals surface area contributed by atoms with Gasteiger partial charge in [0.05, 0.1) is 18.6 Å². The van der Waals surface area contributed by atoms with Gasteiger partial charge < -0.3 is 15.4 Å². The van der Waals surface area contributed by atoms with E-state index in [0.717, 1.165) is 6.07 Å². The van der Waals surface area contributed by atoms with Crippen molar-refractivity contribution in [2.24, 2.45) is 0 Å². The molecule has 2 rings (SSSR count). The lowest BCUT2D eigenvalue weighted by atomic mass is 10.1. The number of rotatable bonds is 6. The van der Waals surface area contributed by atoms with Crippen LogP contribution >= 0.6 is 11.6 Å². The number of carbonyl (C=O) groups excluding carboxylic acids is 2. The molecule has 0 bridgehead atoms. The second kappa shape index (κ2) is 8.11. The first-order chi connectivity index (χ1) is 11.9. The number of nitro groups is 1. The van der Waals surface area contributed by atoms with Crippen LogP contribution in [0, 0.1) is 10.1 Å². The molecule has 0 aromatic heterocycles. The first-order valence-corrected chi connectivity index (χ1v) is 7.44. The summed E-state index contributed by atoms with van der Waals surface area (Å²) in [7, 11) is 1.29. The Morgan fingerprint density at radius 2 is 2.00 bits per heavy atom. The van der Waals surface area contributed by atoms with Gasteiger partial charge >= 0.3 is 5.69 Å². The molecule has 0 unspecified atom stereocenters. The number of nitrogens with zero attached hydrogens (tertiary/aromatic N) is 1. The molecule has 130 valence electrons. The minimum atomic E-state index is -0.651. The molecule has 2 aromatic rings. The molecule has 0 aliphatic heterocycles. The molecule has 2 amide bonds. The highest BCUT2D eigenvalue weighted by atomic mass is 35.5. The molecule has 0 heterocycles. The fourth-order valence-corrected chi connectivity index (χ4v) is 2.20. The Morgan fingerprint density at radius 1 is 1.24 bits per heavy atom. The summed E-state index contributed by atoms with van der Waals surface area (Å²) in [5, 5.41) is 16.4. The molecule has 0 fully saturated rings. The van der Waals surface area contributed by atoms with Gasteiger partial charge in [-0.15, -0.1) is 0 Å². The van der Waals surface area contributed by atoms with Gasteiger partial charge in [0.25, 0.3) is 5.91 Å². The highest BCUT2D eigenvalue weighted by Crippen LogP contribution is 2.27. The monoisotopic (exact) mass is 363 g/mol. The zero-order chi connectivity index (χ0) is 18.4. The van der Waals surface area contributed by atoms with Crippen LogP contribution in [0.2, 0.25) is 5.02 Å². The van der Waals surface area contributed by atoms with Crippen LogP contribution in [0.5, 0.6) is 5.75 Å². The summed E-state index contributed by atoms with van der Waals surface area (Å²) in [6.07, 6.45) is 0. The fourth-order valence-electron chi connectivity index (χ4n) is 2.01. The maximum absolute atomic E-state index is 12.1. The maximum atomic E-state index is 12.1. The Bertz CT molecular complexity index is 825. The second-order valence-corrected chi connectivity index (χ2v) is 5.32. The number of nitro benzene ring substituents is 1. The maximum Gasteiger partial charge on any atom is 0.311 e. The van der Waals surface area contributed by atoms with Crippen molar-refractivity contribution in [3.63, 3.8) is 0 Å². The predicted octanol–water partition coefficient (Wildman–Crippen LogP) is 2.63. The molecule has 8 nitrogen and oxygen atoms in total. The van der Waals surface area contributed by atoms with Gasteiger partial charge in [-0.2, -0.15) is 0 Å². The Kier molecular flexibility index (Phi) is 5.91. The highest BCUT2D eigenvalue weighted by Gasteiger charge is 2.18. The van der Waals surface area contributed by atoms with Crippen molar-refractivity contribution in [3.05, 3.63) is 63.2 Å². The molecule has 0 radical (unpaired) electrons. The van der Waals surface area contributed by atoms with Crippen LogP contribution in [-0.2, 0) is 4.79 Å². The van der Waals surface area contributed by atoms with Crippen molar-refractivity contribution < 1.29 is 19.2 Å². The van der Waals surface area contributed by atoms with E-state index in [-0.39, 0.29) is 23.5 Å². The highest BCUT2D eigenvalue weighted by molar-refractivity contribution is 6.30. The number of hydrogen-bond acceptors (Lipinski definition) is 5. The number of anilines is 1. The lowest BCUT2D eigenvalue weighted by Crippen LogP contribution is -2.32. The van der Waals surface area contributed by atoms with E-state index >= 15 is 0 Å². The van der Waals surface area contributed by atoms with E-state index < -0.39 is 16.7 Å². The summed E-state index contributed by atoms with van der Waals surface area (Å²) in [5.41, 5.74) is 0.202. The summed E-state index contributed by atoms with van der Waals surface area (Å²) >= 11 is 5.81. The smallest absolute Gasteiger partial charge is 0.311 e. The molecule has 25 heavy (non-hydrogen) atoms. The molecule has 0 saturated heterocycles. The topological polar surface area (TPSA) is 111 Å². The van der Waals surface area contributed by atoms with Crippen LogP contribution in [-0.4, -0.2) is 30.4 Å². The minimum Gasteiger partial charge on any atom is -0.490 e. The van der Waals surface area contributed by atoms with Crippen LogP contribution in [0.25, 0.3) is 0 Å². The van der Waals surface area contributed by atoms with Gasteiger partial charge in [-0.3, -0.25) is 19.7 Å². The number of benzene rings is 2. The standard InChI is InChI=1S/C16H14ClN3O5/c1-25-14-6-5-10(7-13(14)20(23)24)16(22)18-9-15(21)19-12-4-2-3-11(17)8-12/h2-8H,9H2,1H3,(H,18,22)(H,19,21). The number of methoxy groups -OCH3 is 1. The second-order valence-electron chi connectivity index (χ2n) is 4.88. The molecule has 0 spiro atoms. The van der Waals surface area contributed by atoms with Gasteiger partial charge in [0.2, 0.25) is 5.91 Å². The van der Waals surface area contributed by atoms with Crippen LogP contribution < -0.4 is 15.4 Å². The Hall–Kier alpha value is -3.13.